The number of hydrogen-bond acceptors (Lipinski definition) is 8. The number of carbonyl (C=O) groups excluding carboxylic acids is 2. The Bertz CT molecular complexity index is 1070. The highest BCUT2D eigenvalue weighted by atomic mass is 16.5. The standard InChI is InChI=1S/C16H14N6O4/c1-25-13(23)7-11-17-19-15-16-20-18-12(8-14(24)26-2)22(16)10-6-4-3-5-9(10)21(11)15/h3-6H,7-8H2,1-2H3. The van der Waals surface area contributed by atoms with Gasteiger partial charge in [0.05, 0.1) is 25.3 Å². The third kappa shape index (κ3) is 2.34. The van der Waals surface area contributed by atoms with Crippen molar-refractivity contribution in [1.82, 2.24) is 29.2 Å². The summed E-state index contributed by atoms with van der Waals surface area (Å²) in [7, 11) is 2.64. The van der Waals surface area contributed by atoms with Crippen molar-refractivity contribution >= 4 is 34.3 Å². The molecular formula is C16H14N6O4. The Morgan fingerprint density at radius 1 is 0.808 bits per heavy atom. The number of rotatable bonds is 4. The van der Waals surface area contributed by atoms with Crippen LogP contribution in [0.25, 0.3) is 22.3 Å². The van der Waals surface area contributed by atoms with Crippen LogP contribution in [-0.4, -0.2) is 55.4 Å². The third-order valence-electron chi connectivity index (χ3n) is 4.08. The molecule has 0 saturated heterocycles. The van der Waals surface area contributed by atoms with Crippen molar-refractivity contribution in [2.45, 2.75) is 12.8 Å². The number of ether oxygens (including phenoxy) is 2. The summed E-state index contributed by atoms with van der Waals surface area (Å²) in [6.45, 7) is 0. The molecule has 0 spiro atoms. The number of benzene rings is 1. The molecule has 10 heteroatoms. The van der Waals surface area contributed by atoms with Crippen LogP contribution in [0.1, 0.15) is 11.6 Å². The molecule has 0 radical (unpaired) electrons. The lowest BCUT2D eigenvalue weighted by Crippen LogP contribution is -2.10. The van der Waals surface area contributed by atoms with Gasteiger partial charge in [-0.05, 0) is 12.1 Å². The lowest BCUT2D eigenvalue weighted by Gasteiger charge is -2.08. The molecule has 0 aliphatic carbocycles. The van der Waals surface area contributed by atoms with Gasteiger partial charge in [-0.3, -0.25) is 18.4 Å². The van der Waals surface area contributed by atoms with Crippen molar-refractivity contribution in [3.8, 4) is 0 Å². The Kier molecular flexibility index (Phi) is 3.72. The SMILES string of the molecule is COC(=O)Cc1nnc2c3nnc(CC(=O)OC)n3c3ccccc3n12. The number of carbonyl (C=O) groups is 2. The molecule has 0 aliphatic rings. The Balaban J connectivity index is 2.05. The van der Waals surface area contributed by atoms with Crippen molar-refractivity contribution in [3.63, 3.8) is 0 Å². The average molecular weight is 354 g/mol. The summed E-state index contributed by atoms with van der Waals surface area (Å²) in [6.07, 6.45) is -0.0536. The Morgan fingerprint density at radius 3 is 1.62 bits per heavy atom. The number of hydrogen-bond donors (Lipinski definition) is 0. The quantitative estimate of drug-likeness (QED) is 0.483. The van der Waals surface area contributed by atoms with Gasteiger partial charge in [0.25, 0.3) is 0 Å². The first-order chi connectivity index (χ1) is 12.6. The molecule has 4 rings (SSSR count). The van der Waals surface area contributed by atoms with Gasteiger partial charge in [-0.25, -0.2) is 0 Å². The number of para-hydroxylation sites is 2. The zero-order valence-electron chi connectivity index (χ0n) is 14.0. The van der Waals surface area contributed by atoms with E-state index in [0.717, 1.165) is 11.0 Å². The first kappa shape index (κ1) is 15.9. The van der Waals surface area contributed by atoms with Crippen molar-refractivity contribution in [3.05, 3.63) is 35.9 Å². The van der Waals surface area contributed by atoms with Crippen LogP contribution in [0.4, 0.5) is 0 Å². The fourth-order valence-corrected chi connectivity index (χ4v) is 2.90. The van der Waals surface area contributed by atoms with E-state index in [-0.39, 0.29) is 12.8 Å². The summed E-state index contributed by atoms with van der Waals surface area (Å²) in [4.78, 5) is 23.4. The fourth-order valence-electron chi connectivity index (χ4n) is 2.90. The Labute approximate surface area is 146 Å². The third-order valence-corrected chi connectivity index (χ3v) is 4.08. The molecule has 0 unspecified atom stereocenters. The topological polar surface area (TPSA) is 113 Å². The van der Waals surface area contributed by atoms with Gasteiger partial charge < -0.3 is 9.47 Å². The lowest BCUT2D eigenvalue weighted by atomic mass is 10.2. The van der Waals surface area contributed by atoms with Gasteiger partial charge >= 0.3 is 11.9 Å². The zero-order chi connectivity index (χ0) is 18.3. The van der Waals surface area contributed by atoms with Gasteiger partial charge in [-0.15, -0.1) is 20.4 Å². The van der Waals surface area contributed by atoms with Crippen molar-refractivity contribution in [2.75, 3.05) is 14.2 Å². The predicted molar refractivity (Wildman–Crippen MR) is 88.5 cm³/mol. The Hall–Kier alpha value is -3.56. The first-order valence-electron chi connectivity index (χ1n) is 7.76. The van der Waals surface area contributed by atoms with Gasteiger partial charge in [0.1, 0.15) is 24.5 Å². The Morgan fingerprint density at radius 2 is 1.23 bits per heavy atom. The number of fused-ring (bicyclic) bond motifs is 6. The maximum absolute atomic E-state index is 11.7. The van der Waals surface area contributed by atoms with E-state index in [0.29, 0.717) is 22.9 Å². The van der Waals surface area contributed by atoms with Crippen LogP contribution in [0.5, 0.6) is 0 Å². The molecule has 4 aromatic rings. The van der Waals surface area contributed by atoms with Gasteiger partial charge in [0.2, 0.25) is 11.3 Å². The van der Waals surface area contributed by atoms with E-state index in [1.54, 1.807) is 8.80 Å². The van der Waals surface area contributed by atoms with E-state index in [2.05, 4.69) is 20.4 Å². The minimum Gasteiger partial charge on any atom is -0.469 e. The molecule has 0 N–H and O–H groups in total. The van der Waals surface area contributed by atoms with Crippen LogP contribution in [0.2, 0.25) is 0 Å². The fraction of sp³-hybridized carbons (Fsp3) is 0.250. The van der Waals surface area contributed by atoms with Crippen LogP contribution in [-0.2, 0) is 31.9 Å². The van der Waals surface area contributed by atoms with E-state index in [1.807, 2.05) is 24.3 Å². The molecule has 0 amide bonds. The van der Waals surface area contributed by atoms with Crippen molar-refractivity contribution < 1.29 is 19.1 Å². The summed E-state index contributed by atoms with van der Waals surface area (Å²) in [5.41, 5.74) is 2.38. The molecule has 0 fully saturated rings. The second kappa shape index (κ2) is 6.06. The molecule has 10 nitrogen and oxygen atoms in total. The van der Waals surface area contributed by atoms with Gasteiger partial charge in [-0.1, -0.05) is 12.1 Å². The zero-order valence-corrected chi connectivity index (χ0v) is 14.0. The maximum Gasteiger partial charge on any atom is 0.313 e. The van der Waals surface area contributed by atoms with E-state index < -0.39 is 11.9 Å². The average Bonchev–Trinajstić information content (AvgIpc) is 3.26. The molecule has 0 saturated carbocycles. The van der Waals surface area contributed by atoms with Gasteiger partial charge in [0.15, 0.2) is 0 Å². The van der Waals surface area contributed by atoms with Crippen LogP contribution in [0.15, 0.2) is 24.3 Å². The summed E-state index contributed by atoms with van der Waals surface area (Å²) < 4.78 is 13.0. The highest BCUT2D eigenvalue weighted by Crippen LogP contribution is 2.23. The second-order valence-corrected chi connectivity index (χ2v) is 5.55. The van der Waals surface area contributed by atoms with E-state index >= 15 is 0 Å². The molecule has 1 aromatic carbocycles. The molecule has 132 valence electrons. The summed E-state index contributed by atoms with van der Waals surface area (Å²) in [5.74, 6) is 0.0262. The van der Waals surface area contributed by atoms with E-state index in [1.165, 1.54) is 14.2 Å². The number of aromatic nitrogens is 6. The van der Waals surface area contributed by atoms with Gasteiger partial charge in [-0.2, -0.15) is 0 Å². The van der Waals surface area contributed by atoms with E-state index in [4.69, 9.17) is 9.47 Å². The van der Waals surface area contributed by atoms with Crippen molar-refractivity contribution in [2.24, 2.45) is 0 Å². The predicted octanol–water partition coefficient (Wildman–Crippen LogP) is 0.356. The molecular weight excluding hydrogens is 340 g/mol. The summed E-state index contributed by atoms with van der Waals surface area (Å²) in [5, 5.41) is 16.5. The molecule has 26 heavy (non-hydrogen) atoms. The summed E-state index contributed by atoms with van der Waals surface area (Å²) >= 11 is 0. The number of nitrogens with zero attached hydrogens (tertiary/aromatic N) is 6. The van der Waals surface area contributed by atoms with Crippen LogP contribution < -0.4 is 0 Å². The normalized spacial score (nSPS) is 11.3. The van der Waals surface area contributed by atoms with Crippen LogP contribution in [0.3, 0.4) is 0 Å². The number of methoxy groups -OCH3 is 2. The highest BCUT2D eigenvalue weighted by Gasteiger charge is 2.21. The maximum atomic E-state index is 11.7. The first-order valence-corrected chi connectivity index (χ1v) is 7.76. The van der Waals surface area contributed by atoms with Gasteiger partial charge in [0, 0.05) is 0 Å². The minimum absolute atomic E-state index is 0.0268. The second-order valence-electron chi connectivity index (χ2n) is 5.55. The van der Waals surface area contributed by atoms with Crippen LogP contribution >= 0.6 is 0 Å². The number of esters is 2. The smallest absolute Gasteiger partial charge is 0.313 e. The monoisotopic (exact) mass is 354 g/mol. The molecule has 3 heterocycles. The highest BCUT2D eigenvalue weighted by molar-refractivity contribution is 5.86. The van der Waals surface area contributed by atoms with Crippen LogP contribution in [0, 0.1) is 0 Å². The molecule has 3 aromatic heterocycles. The molecule has 0 aliphatic heterocycles. The summed E-state index contributed by atoms with van der Waals surface area (Å²) in [6, 6.07) is 7.46. The molecule has 0 bridgehead atoms. The van der Waals surface area contributed by atoms with Crippen molar-refractivity contribution in [1.29, 1.82) is 0 Å². The van der Waals surface area contributed by atoms with E-state index in [9.17, 15) is 9.59 Å². The minimum atomic E-state index is -0.420. The lowest BCUT2D eigenvalue weighted by molar-refractivity contribution is -0.140. The largest absolute Gasteiger partial charge is 0.469 e. The molecule has 0 atom stereocenters.